The Balaban J connectivity index is 2.58. The molecule has 4 nitrogen and oxygen atoms in total. The molecule has 1 aromatic carbocycles. The van der Waals surface area contributed by atoms with Crippen LogP contribution in [0.3, 0.4) is 0 Å². The van der Waals surface area contributed by atoms with Gasteiger partial charge in [0.2, 0.25) is 0 Å². The summed E-state index contributed by atoms with van der Waals surface area (Å²) in [7, 11) is 1.27. The summed E-state index contributed by atoms with van der Waals surface area (Å²) < 4.78 is 4.62. The third-order valence-corrected chi connectivity index (χ3v) is 3.35. The van der Waals surface area contributed by atoms with Crippen LogP contribution in [-0.4, -0.2) is 18.1 Å². The number of carbonyl (C=O) groups is 1. The van der Waals surface area contributed by atoms with Gasteiger partial charge in [0, 0.05) is 5.56 Å². The molecule has 2 N–H and O–H groups in total. The average molecular weight is 297 g/mol. The number of hydrogen-bond donors (Lipinski definition) is 1. The molecule has 6 heteroatoms. The number of carbonyl (C=O) groups excluding carboxylic acids is 1. The third-order valence-electron chi connectivity index (χ3n) is 2.53. The first-order chi connectivity index (χ1) is 9.04. The highest BCUT2D eigenvalue weighted by atomic mass is 35.5. The number of nitrogen functional groups attached to an aromatic ring is 1. The van der Waals surface area contributed by atoms with Crippen LogP contribution in [0, 0.1) is 0 Å². The Labute approximate surface area is 120 Å². The third kappa shape index (κ3) is 2.64. The number of aromatic nitrogens is 1. The van der Waals surface area contributed by atoms with E-state index in [2.05, 4.69) is 9.72 Å². The van der Waals surface area contributed by atoms with Gasteiger partial charge in [0.15, 0.2) is 5.69 Å². The van der Waals surface area contributed by atoms with Crippen LogP contribution in [0.5, 0.6) is 0 Å². The first-order valence-electron chi connectivity index (χ1n) is 5.34. The molecule has 2 rings (SSSR count). The lowest BCUT2D eigenvalue weighted by molar-refractivity contribution is 0.0595. The van der Waals surface area contributed by atoms with E-state index < -0.39 is 5.97 Å². The highest BCUT2D eigenvalue weighted by molar-refractivity contribution is 6.43. The van der Waals surface area contributed by atoms with E-state index >= 15 is 0 Å². The van der Waals surface area contributed by atoms with E-state index in [0.29, 0.717) is 21.3 Å². The second-order valence-electron chi connectivity index (χ2n) is 3.73. The molecule has 0 fully saturated rings. The Morgan fingerprint density at radius 1 is 1.26 bits per heavy atom. The second kappa shape index (κ2) is 5.47. The number of anilines is 1. The fourth-order valence-electron chi connectivity index (χ4n) is 1.58. The molecule has 19 heavy (non-hydrogen) atoms. The van der Waals surface area contributed by atoms with Crippen LogP contribution in [0.1, 0.15) is 10.5 Å². The first-order valence-corrected chi connectivity index (χ1v) is 6.09. The van der Waals surface area contributed by atoms with E-state index in [1.807, 2.05) is 0 Å². The molecule has 1 heterocycles. The molecule has 0 amide bonds. The molecule has 0 spiro atoms. The van der Waals surface area contributed by atoms with Gasteiger partial charge in [-0.05, 0) is 18.2 Å². The fourth-order valence-corrected chi connectivity index (χ4v) is 1.98. The molecule has 0 saturated heterocycles. The van der Waals surface area contributed by atoms with Crippen molar-refractivity contribution in [1.82, 2.24) is 4.98 Å². The van der Waals surface area contributed by atoms with E-state index in [1.54, 1.807) is 30.3 Å². The molecule has 0 atom stereocenters. The molecule has 0 radical (unpaired) electrons. The van der Waals surface area contributed by atoms with Gasteiger partial charge in [-0.1, -0.05) is 35.3 Å². The Morgan fingerprint density at radius 2 is 2.00 bits per heavy atom. The minimum Gasteiger partial charge on any atom is -0.464 e. The van der Waals surface area contributed by atoms with Gasteiger partial charge in [-0.3, -0.25) is 0 Å². The van der Waals surface area contributed by atoms with E-state index in [1.165, 1.54) is 7.11 Å². The zero-order chi connectivity index (χ0) is 14.0. The van der Waals surface area contributed by atoms with Gasteiger partial charge < -0.3 is 10.5 Å². The number of rotatable bonds is 2. The van der Waals surface area contributed by atoms with Crippen molar-refractivity contribution in [2.75, 3.05) is 12.8 Å². The summed E-state index contributed by atoms with van der Waals surface area (Å²) in [5.41, 5.74) is 7.11. The maximum Gasteiger partial charge on any atom is 0.358 e. The molecule has 98 valence electrons. The molecule has 0 unspecified atom stereocenters. The van der Waals surface area contributed by atoms with Gasteiger partial charge in [-0.25, -0.2) is 9.78 Å². The van der Waals surface area contributed by atoms with E-state index in [-0.39, 0.29) is 11.4 Å². The summed E-state index contributed by atoms with van der Waals surface area (Å²) in [5, 5.41) is 0.787. The minimum absolute atomic E-state index is 0.0519. The van der Waals surface area contributed by atoms with Crippen LogP contribution < -0.4 is 5.73 Å². The zero-order valence-corrected chi connectivity index (χ0v) is 11.5. The van der Waals surface area contributed by atoms with E-state index in [9.17, 15) is 4.79 Å². The van der Waals surface area contributed by atoms with Crippen LogP contribution >= 0.6 is 23.2 Å². The predicted molar refractivity (Wildman–Crippen MR) is 75.4 cm³/mol. The number of hydrogen-bond acceptors (Lipinski definition) is 4. The van der Waals surface area contributed by atoms with Gasteiger partial charge in [0.25, 0.3) is 0 Å². The van der Waals surface area contributed by atoms with Crippen molar-refractivity contribution in [2.24, 2.45) is 0 Å². The van der Waals surface area contributed by atoms with Crippen LogP contribution in [-0.2, 0) is 4.74 Å². The number of halogens is 2. The average Bonchev–Trinajstić information content (AvgIpc) is 2.42. The summed E-state index contributed by atoms with van der Waals surface area (Å²) in [5.74, 6) is -0.600. The molecule has 2 aromatic rings. The van der Waals surface area contributed by atoms with Crippen molar-refractivity contribution < 1.29 is 9.53 Å². The van der Waals surface area contributed by atoms with Gasteiger partial charge in [0.05, 0.1) is 28.5 Å². The number of nitrogens with zero attached hydrogens (tertiary/aromatic N) is 1. The van der Waals surface area contributed by atoms with E-state index in [0.717, 1.165) is 0 Å². The summed E-state index contributed by atoms with van der Waals surface area (Å²) in [6.07, 6.45) is 0. The molecule has 0 saturated carbocycles. The lowest BCUT2D eigenvalue weighted by Crippen LogP contribution is -2.09. The van der Waals surface area contributed by atoms with E-state index in [4.69, 9.17) is 28.9 Å². The van der Waals surface area contributed by atoms with Gasteiger partial charge in [-0.2, -0.15) is 0 Å². The molecule has 0 bridgehead atoms. The number of pyridine rings is 1. The molecule has 0 aliphatic rings. The second-order valence-corrected chi connectivity index (χ2v) is 4.51. The van der Waals surface area contributed by atoms with Crippen LogP contribution in [0.25, 0.3) is 11.3 Å². The minimum atomic E-state index is -0.600. The van der Waals surface area contributed by atoms with Crippen molar-refractivity contribution in [1.29, 1.82) is 0 Å². The lowest BCUT2D eigenvalue weighted by Gasteiger charge is -2.08. The summed E-state index contributed by atoms with van der Waals surface area (Å²) in [4.78, 5) is 15.7. The SMILES string of the molecule is COC(=O)c1nc(-c2cccc(Cl)c2Cl)ccc1N. The number of methoxy groups -OCH3 is 1. The van der Waals surface area contributed by atoms with Crippen LogP contribution in [0.15, 0.2) is 30.3 Å². The van der Waals surface area contributed by atoms with Gasteiger partial charge in [0.1, 0.15) is 0 Å². The fraction of sp³-hybridized carbons (Fsp3) is 0.0769. The smallest absolute Gasteiger partial charge is 0.358 e. The molecular formula is C13H10Cl2N2O2. The van der Waals surface area contributed by atoms with Crippen LogP contribution in [0.4, 0.5) is 5.69 Å². The number of esters is 1. The molecule has 0 aliphatic heterocycles. The van der Waals surface area contributed by atoms with Crippen molar-refractivity contribution in [3.8, 4) is 11.3 Å². The van der Waals surface area contributed by atoms with Crippen molar-refractivity contribution in [3.05, 3.63) is 46.1 Å². The number of ether oxygens (including phenoxy) is 1. The van der Waals surface area contributed by atoms with Crippen molar-refractivity contribution in [3.63, 3.8) is 0 Å². The monoisotopic (exact) mass is 296 g/mol. The molecule has 0 aliphatic carbocycles. The Bertz CT molecular complexity index is 645. The zero-order valence-electron chi connectivity index (χ0n) is 9.98. The normalized spacial score (nSPS) is 10.3. The molecular weight excluding hydrogens is 287 g/mol. The van der Waals surface area contributed by atoms with Crippen molar-refractivity contribution in [2.45, 2.75) is 0 Å². The lowest BCUT2D eigenvalue weighted by atomic mass is 10.1. The van der Waals surface area contributed by atoms with Gasteiger partial charge in [-0.15, -0.1) is 0 Å². The topological polar surface area (TPSA) is 65.2 Å². The maximum atomic E-state index is 11.5. The summed E-state index contributed by atoms with van der Waals surface area (Å²) in [6, 6.07) is 8.42. The Morgan fingerprint density at radius 3 is 2.68 bits per heavy atom. The number of benzene rings is 1. The quantitative estimate of drug-likeness (QED) is 0.862. The van der Waals surface area contributed by atoms with Crippen LogP contribution in [0.2, 0.25) is 10.0 Å². The standard InChI is InChI=1S/C13H10Cl2N2O2/c1-19-13(18)12-9(16)5-6-10(17-12)7-3-2-4-8(14)11(7)15/h2-6H,16H2,1H3. The predicted octanol–water partition coefficient (Wildman–Crippen LogP) is 3.42. The maximum absolute atomic E-state index is 11.5. The summed E-state index contributed by atoms with van der Waals surface area (Å²) >= 11 is 12.1. The molecule has 1 aromatic heterocycles. The van der Waals surface area contributed by atoms with Gasteiger partial charge >= 0.3 is 5.97 Å². The highest BCUT2D eigenvalue weighted by Crippen LogP contribution is 2.33. The number of nitrogens with two attached hydrogens (primary N) is 1. The largest absolute Gasteiger partial charge is 0.464 e. The summed E-state index contributed by atoms with van der Waals surface area (Å²) in [6.45, 7) is 0. The Kier molecular flexibility index (Phi) is 3.93. The Hall–Kier alpha value is -1.78. The first kappa shape index (κ1) is 13.6. The highest BCUT2D eigenvalue weighted by Gasteiger charge is 2.15. The van der Waals surface area contributed by atoms with Crippen molar-refractivity contribution >= 4 is 34.9 Å².